The summed E-state index contributed by atoms with van der Waals surface area (Å²) in [5, 5.41) is 12.1. The zero-order valence-corrected chi connectivity index (χ0v) is 15.3. The Kier molecular flexibility index (Phi) is 5.95. The Hall–Kier alpha value is -2.61. The van der Waals surface area contributed by atoms with Gasteiger partial charge in [0.25, 0.3) is 5.91 Å². The van der Waals surface area contributed by atoms with Gasteiger partial charge in [0.15, 0.2) is 0 Å². The number of carbonyl (C=O) groups is 2. The van der Waals surface area contributed by atoms with Crippen molar-refractivity contribution in [2.75, 3.05) is 50.1 Å². The number of nitrogens with zero attached hydrogens (tertiary/aromatic N) is 2. The number of β-amino-alcohol motifs (C(OH)–C–C–N with tert-alkyl or cyclic N) is 1. The average Bonchev–Trinajstić information content (AvgIpc) is 2.98. The lowest BCUT2D eigenvalue weighted by Crippen LogP contribution is -2.32. The zero-order valence-electron chi connectivity index (χ0n) is 15.3. The zero-order chi connectivity index (χ0) is 19.4. The van der Waals surface area contributed by atoms with E-state index in [1.165, 1.54) is 24.1 Å². The number of piperidine rings is 1. The highest BCUT2D eigenvalue weighted by Crippen LogP contribution is 2.32. The van der Waals surface area contributed by atoms with E-state index in [9.17, 15) is 14.0 Å². The molecular formula is C19H24FN3O4. The van der Waals surface area contributed by atoms with Crippen molar-refractivity contribution in [3.63, 3.8) is 0 Å². The summed E-state index contributed by atoms with van der Waals surface area (Å²) in [7, 11) is 1.24. The van der Waals surface area contributed by atoms with Crippen LogP contribution in [0, 0.1) is 5.82 Å². The summed E-state index contributed by atoms with van der Waals surface area (Å²) >= 11 is 0. The Morgan fingerprint density at radius 1 is 1.30 bits per heavy atom. The molecule has 0 aromatic heterocycles. The van der Waals surface area contributed by atoms with Gasteiger partial charge in [0, 0.05) is 19.6 Å². The molecule has 8 heteroatoms. The molecular weight excluding hydrogens is 353 g/mol. The van der Waals surface area contributed by atoms with Crippen LogP contribution in [0.4, 0.5) is 15.8 Å². The first kappa shape index (κ1) is 19.2. The Morgan fingerprint density at radius 2 is 2.04 bits per heavy atom. The van der Waals surface area contributed by atoms with Gasteiger partial charge in [-0.2, -0.15) is 0 Å². The Balaban J connectivity index is 1.95. The highest BCUT2D eigenvalue weighted by molar-refractivity contribution is 6.09. The van der Waals surface area contributed by atoms with E-state index in [1.54, 1.807) is 6.07 Å². The summed E-state index contributed by atoms with van der Waals surface area (Å²) < 4.78 is 18.7. The Labute approximate surface area is 157 Å². The van der Waals surface area contributed by atoms with Gasteiger partial charge in [-0.1, -0.05) is 0 Å². The van der Waals surface area contributed by atoms with Crippen LogP contribution < -0.4 is 10.2 Å². The molecule has 27 heavy (non-hydrogen) atoms. The number of aliphatic hydroxyl groups excluding tert-OH is 1. The topological polar surface area (TPSA) is 82.1 Å². The second-order valence-corrected chi connectivity index (χ2v) is 6.63. The molecule has 0 saturated carbocycles. The molecule has 1 aromatic carbocycles. The largest absolute Gasteiger partial charge is 0.466 e. The summed E-state index contributed by atoms with van der Waals surface area (Å²) in [5.74, 6) is -1.48. The van der Waals surface area contributed by atoms with E-state index in [0.717, 1.165) is 38.0 Å². The molecule has 146 valence electrons. The molecule has 2 aliphatic heterocycles. The predicted octanol–water partition coefficient (Wildman–Crippen LogP) is 1.49. The second-order valence-electron chi connectivity index (χ2n) is 6.63. The molecule has 2 heterocycles. The lowest BCUT2D eigenvalue weighted by molar-refractivity contribution is -0.136. The molecule has 1 saturated heterocycles. The number of ether oxygens (including phenoxy) is 1. The summed E-state index contributed by atoms with van der Waals surface area (Å²) in [6.07, 6.45) is 3.26. The monoisotopic (exact) mass is 377 g/mol. The van der Waals surface area contributed by atoms with Gasteiger partial charge in [-0.15, -0.1) is 0 Å². The molecule has 0 radical (unpaired) electrons. The molecule has 3 rings (SSSR count). The van der Waals surface area contributed by atoms with Crippen LogP contribution in [0.3, 0.4) is 0 Å². The quantitative estimate of drug-likeness (QED) is 0.731. The van der Waals surface area contributed by atoms with Crippen LogP contribution in [0.1, 0.15) is 19.3 Å². The maximum atomic E-state index is 13.9. The number of amides is 1. The van der Waals surface area contributed by atoms with Crippen molar-refractivity contribution in [1.82, 2.24) is 4.90 Å². The first-order valence-electron chi connectivity index (χ1n) is 9.08. The van der Waals surface area contributed by atoms with E-state index in [0.29, 0.717) is 5.69 Å². The van der Waals surface area contributed by atoms with E-state index in [-0.39, 0.29) is 31.0 Å². The van der Waals surface area contributed by atoms with Crippen LogP contribution >= 0.6 is 0 Å². The summed E-state index contributed by atoms with van der Waals surface area (Å²) in [6.45, 7) is 1.64. The fraction of sp³-hybridized carbons (Fsp3) is 0.474. The van der Waals surface area contributed by atoms with Crippen LogP contribution in [-0.4, -0.2) is 61.8 Å². The van der Waals surface area contributed by atoms with Crippen molar-refractivity contribution in [2.45, 2.75) is 19.3 Å². The van der Waals surface area contributed by atoms with Gasteiger partial charge in [0.05, 0.1) is 37.2 Å². The lowest BCUT2D eigenvalue weighted by Gasteiger charge is -2.31. The fourth-order valence-electron chi connectivity index (χ4n) is 3.50. The van der Waals surface area contributed by atoms with Crippen molar-refractivity contribution >= 4 is 23.3 Å². The maximum Gasteiger partial charge on any atom is 0.337 e. The number of aliphatic hydroxyl groups is 1. The Bertz CT molecular complexity index is 759. The highest BCUT2D eigenvalue weighted by Gasteiger charge is 2.35. The van der Waals surface area contributed by atoms with Crippen LogP contribution in [0.25, 0.3) is 0 Å². The van der Waals surface area contributed by atoms with Crippen LogP contribution in [0.2, 0.25) is 0 Å². The number of anilines is 2. The van der Waals surface area contributed by atoms with E-state index < -0.39 is 17.7 Å². The third kappa shape index (κ3) is 4.05. The van der Waals surface area contributed by atoms with Crippen LogP contribution in [0.5, 0.6) is 0 Å². The predicted molar refractivity (Wildman–Crippen MR) is 98.8 cm³/mol. The molecule has 1 amide bonds. The molecule has 0 unspecified atom stereocenters. The van der Waals surface area contributed by atoms with Crippen molar-refractivity contribution in [3.8, 4) is 0 Å². The summed E-state index contributed by atoms with van der Waals surface area (Å²) in [4.78, 5) is 28.3. The number of rotatable bonds is 6. The van der Waals surface area contributed by atoms with E-state index in [2.05, 4.69) is 10.2 Å². The Morgan fingerprint density at radius 3 is 2.70 bits per heavy atom. The minimum absolute atomic E-state index is 0.0444. The first-order valence-corrected chi connectivity index (χ1v) is 9.08. The standard InChI is InChI=1S/C19H24FN3O4/c1-27-19(26)14-12-23(9-10-24)18(25)17(14)21-15-11-13(20)5-6-16(15)22-7-3-2-4-8-22/h5-6,11,21,24H,2-4,7-10,12H2,1H3. The fourth-order valence-corrected chi connectivity index (χ4v) is 3.50. The van der Waals surface area contributed by atoms with Crippen LogP contribution in [0.15, 0.2) is 29.5 Å². The highest BCUT2D eigenvalue weighted by atomic mass is 19.1. The summed E-state index contributed by atoms with van der Waals surface area (Å²) in [5.41, 5.74) is 1.47. The molecule has 0 bridgehead atoms. The second kappa shape index (κ2) is 8.39. The van der Waals surface area contributed by atoms with Crippen molar-refractivity contribution < 1.29 is 23.8 Å². The third-order valence-corrected chi connectivity index (χ3v) is 4.87. The van der Waals surface area contributed by atoms with Gasteiger partial charge >= 0.3 is 5.97 Å². The van der Waals surface area contributed by atoms with Crippen molar-refractivity contribution in [2.24, 2.45) is 0 Å². The van der Waals surface area contributed by atoms with Gasteiger partial charge in [-0.25, -0.2) is 9.18 Å². The minimum Gasteiger partial charge on any atom is -0.466 e. The molecule has 2 aliphatic rings. The molecule has 0 atom stereocenters. The molecule has 2 N–H and O–H groups in total. The normalized spacial score (nSPS) is 17.5. The van der Waals surface area contributed by atoms with Gasteiger partial charge < -0.3 is 25.0 Å². The number of nitrogens with one attached hydrogen (secondary N) is 1. The smallest absolute Gasteiger partial charge is 0.337 e. The van der Waals surface area contributed by atoms with Gasteiger partial charge in [0.1, 0.15) is 11.5 Å². The SMILES string of the molecule is COC(=O)C1=C(Nc2cc(F)ccc2N2CCCCC2)C(=O)N(CCO)C1. The number of carbonyl (C=O) groups excluding carboxylic acids is 2. The maximum absolute atomic E-state index is 13.9. The van der Waals surface area contributed by atoms with Gasteiger partial charge in [-0.3, -0.25) is 4.79 Å². The van der Waals surface area contributed by atoms with Crippen LogP contribution in [-0.2, 0) is 14.3 Å². The van der Waals surface area contributed by atoms with E-state index in [4.69, 9.17) is 9.84 Å². The van der Waals surface area contributed by atoms with E-state index >= 15 is 0 Å². The average molecular weight is 377 g/mol. The molecule has 1 fully saturated rings. The third-order valence-electron chi connectivity index (χ3n) is 4.87. The van der Waals surface area contributed by atoms with Gasteiger partial charge in [-0.05, 0) is 37.5 Å². The number of hydrogen-bond acceptors (Lipinski definition) is 6. The number of halogens is 1. The lowest BCUT2D eigenvalue weighted by atomic mass is 10.1. The minimum atomic E-state index is -0.623. The molecule has 1 aromatic rings. The molecule has 0 aliphatic carbocycles. The summed E-state index contributed by atoms with van der Waals surface area (Å²) in [6, 6.07) is 4.40. The first-order chi connectivity index (χ1) is 13.0. The number of benzene rings is 1. The van der Waals surface area contributed by atoms with Crippen molar-refractivity contribution in [3.05, 3.63) is 35.3 Å². The number of methoxy groups -OCH3 is 1. The van der Waals surface area contributed by atoms with Crippen molar-refractivity contribution in [1.29, 1.82) is 0 Å². The molecule has 0 spiro atoms. The molecule has 7 nitrogen and oxygen atoms in total. The number of hydrogen-bond donors (Lipinski definition) is 2. The van der Waals surface area contributed by atoms with E-state index in [1.807, 2.05) is 0 Å². The van der Waals surface area contributed by atoms with Gasteiger partial charge in [0.2, 0.25) is 0 Å². The number of esters is 1.